The Labute approximate surface area is 34.3 Å². The third kappa shape index (κ3) is 0.206. The lowest BCUT2D eigenvalue weighted by Crippen LogP contribution is -1.94. The van der Waals surface area contributed by atoms with Gasteiger partial charge in [0.2, 0.25) is 0 Å². The molecule has 0 radical (unpaired) electrons. The average molecular weight is 63.1 g/mol. The molecule has 24 valence electrons. The maximum atomic E-state index is 7.05. The van der Waals surface area contributed by atoms with Crippen LogP contribution in [-0.2, 0) is 0 Å². The number of nitrogens with two attached hydrogens (primary N) is 1. The summed E-state index contributed by atoms with van der Waals surface area (Å²) < 4.78 is 41.3. The predicted molar refractivity (Wildman–Crippen MR) is 17.2 cm³/mol. The van der Waals surface area contributed by atoms with Crippen LogP contribution in [0, 0.1) is 0 Å². The topological polar surface area (TPSA) is 26.0 Å². The van der Waals surface area contributed by atoms with Gasteiger partial charge >= 0.3 is 0 Å². The number of rotatable bonds is 1. The molecule has 1 aliphatic carbocycles. The van der Waals surface area contributed by atoms with Gasteiger partial charge in [0.25, 0.3) is 0 Å². The lowest BCUT2D eigenvalue weighted by atomic mass is 10.8. The minimum Gasteiger partial charge on any atom is -0.328 e. The summed E-state index contributed by atoms with van der Waals surface area (Å²) in [6.45, 7) is 0. The van der Waals surface area contributed by atoms with Crippen molar-refractivity contribution in [1.82, 2.24) is 0 Å². The lowest BCUT2D eigenvalue weighted by Gasteiger charge is -1.58. The summed E-state index contributed by atoms with van der Waals surface area (Å²) in [5.41, 5.74) is 1.56. The molecule has 0 aliphatic heterocycles. The molecule has 1 rings (SSSR count). The van der Waals surface area contributed by atoms with E-state index in [0.29, 0.717) is 0 Å². The first-order valence-electron chi connectivity index (χ1n) is 4.00. The van der Waals surface area contributed by atoms with Crippen LogP contribution >= 0.6 is 0 Å². The summed E-state index contributed by atoms with van der Waals surface area (Å²) in [6, 6.07) is -2.08. The minimum atomic E-state index is -2.25. The lowest BCUT2D eigenvalue weighted by molar-refractivity contribution is 1.07. The summed E-state index contributed by atoms with van der Waals surface area (Å²) in [4.78, 5) is 0. The minimum absolute atomic E-state index is 1.56. The molecule has 0 aromatic rings. The second-order valence-electron chi connectivity index (χ2n) is 0.625. The Morgan fingerprint density at radius 2 is 3.25 bits per heavy atom. The molecular formula is C3H7N. The Morgan fingerprint density at radius 1 is 2.50 bits per heavy atom. The van der Waals surface area contributed by atoms with Gasteiger partial charge < -0.3 is 5.73 Å². The second-order valence-corrected chi connectivity index (χ2v) is 0.625. The molecule has 0 unspecified atom stereocenters. The molecular weight excluding hydrogens is 50.0 g/mol. The van der Waals surface area contributed by atoms with Gasteiger partial charge in [0.05, 0.1) is 0 Å². The van der Waals surface area contributed by atoms with Crippen molar-refractivity contribution in [2.45, 2.75) is 18.8 Å². The SMILES string of the molecule is [2H]NC1([2H])C([2H])([2H])C1([2H])[2H]. The molecule has 0 atom stereocenters. The molecule has 0 saturated heterocycles. The molecule has 1 fully saturated rings. The highest BCUT2D eigenvalue weighted by molar-refractivity contribution is 4.75. The smallest absolute Gasteiger partial charge is 0.119 e. The van der Waals surface area contributed by atoms with Crippen LogP contribution in [0.25, 0.3) is 0 Å². The van der Waals surface area contributed by atoms with Gasteiger partial charge in [-0.05, 0) is 12.7 Å². The Bertz CT molecular complexity index is 150. The van der Waals surface area contributed by atoms with Crippen LogP contribution in [0.15, 0.2) is 0 Å². The first kappa shape index (κ1) is 0.350. The van der Waals surface area contributed by atoms with E-state index in [0.717, 1.165) is 0 Å². The maximum Gasteiger partial charge on any atom is 0.119 e. The molecule has 0 heterocycles. The van der Waals surface area contributed by atoms with Crippen LogP contribution in [-0.4, -0.2) is 6.02 Å². The van der Waals surface area contributed by atoms with E-state index in [-0.39, 0.29) is 0 Å². The molecule has 1 heteroatoms. The van der Waals surface area contributed by atoms with Crippen LogP contribution in [0.2, 0.25) is 1.41 Å². The maximum absolute atomic E-state index is 7.05. The standard InChI is InChI=1S/C3H7N/c4-3-1-2-3/h3H,1-2,4H2/i1D2,2D2,3D/hD. The monoisotopic (exact) mass is 63.1 g/mol. The summed E-state index contributed by atoms with van der Waals surface area (Å²) >= 11 is 0. The molecule has 4 heavy (non-hydrogen) atoms. The fourth-order valence-corrected chi connectivity index (χ4v) is 0.0312. The normalized spacial score (nSPS) is 81.0. The van der Waals surface area contributed by atoms with Crippen LogP contribution in [0.5, 0.6) is 0 Å². The largest absolute Gasteiger partial charge is 0.328 e. The summed E-state index contributed by atoms with van der Waals surface area (Å²) in [7, 11) is 0. The van der Waals surface area contributed by atoms with Gasteiger partial charge in [-0.3, -0.25) is 0 Å². The van der Waals surface area contributed by atoms with E-state index >= 15 is 0 Å². The van der Waals surface area contributed by atoms with Gasteiger partial charge in [-0.15, -0.1) is 0 Å². The van der Waals surface area contributed by atoms with E-state index in [2.05, 4.69) is 0 Å². The molecule has 1 nitrogen and oxygen atoms in total. The Kier molecular flexibility index (Phi) is 0.0404. The molecule has 1 aliphatic rings. The second kappa shape index (κ2) is 0.462. The fourth-order valence-electron chi connectivity index (χ4n) is 0.0312. The third-order valence-corrected chi connectivity index (χ3v) is 0.250. The highest BCUT2D eigenvalue weighted by Crippen LogP contribution is 2.13. The Morgan fingerprint density at radius 3 is 3.25 bits per heavy atom. The number of hydrogen-bond donors (Lipinski definition) is 1. The van der Waals surface area contributed by atoms with E-state index in [9.17, 15) is 0 Å². The first-order valence-corrected chi connectivity index (χ1v) is 1.00. The van der Waals surface area contributed by atoms with Gasteiger partial charge in [0, 0.05) is 12.9 Å². The van der Waals surface area contributed by atoms with Gasteiger partial charge in [-0.25, -0.2) is 0 Å². The quantitative estimate of drug-likeness (QED) is 0.459. The van der Waals surface area contributed by atoms with Gasteiger partial charge in [-0.1, -0.05) is 0 Å². The van der Waals surface area contributed by atoms with Crippen LogP contribution < -0.4 is 5.73 Å². The van der Waals surface area contributed by atoms with Gasteiger partial charge in [0.1, 0.15) is 1.41 Å². The predicted octanol–water partition coefficient (Wildman–Crippen LogP) is 0.107. The van der Waals surface area contributed by atoms with E-state index in [1.807, 2.05) is 0 Å². The van der Waals surface area contributed by atoms with Crippen molar-refractivity contribution in [2.75, 3.05) is 0 Å². The number of hydrogen-bond acceptors (Lipinski definition) is 1. The zero-order chi connectivity index (χ0) is 8.21. The van der Waals surface area contributed by atoms with Crippen molar-refractivity contribution in [2.24, 2.45) is 5.73 Å². The van der Waals surface area contributed by atoms with Crippen molar-refractivity contribution >= 4 is 0 Å². The summed E-state index contributed by atoms with van der Waals surface area (Å²) in [6.07, 6.45) is -4.50. The first-order chi connectivity index (χ1) is 4.31. The highest BCUT2D eigenvalue weighted by atomic mass is 14.7. The molecule has 0 amide bonds. The molecule has 0 aromatic carbocycles. The molecule has 2 N–H and O–H groups in total. The zero-order valence-electron chi connectivity index (χ0n) is 8.00. The molecule has 0 spiro atoms. The highest BCUT2D eigenvalue weighted by Gasteiger charge is 2.13. The van der Waals surface area contributed by atoms with E-state index < -0.39 is 18.8 Å². The Hall–Kier alpha value is -0.0400. The van der Waals surface area contributed by atoms with E-state index in [1.54, 1.807) is 5.73 Å². The average Bonchev–Trinajstić information content (AvgIpc) is 2.11. The van der Waals surface area contributed by atoms with Gasteiger partial charge in [-0.2, -0.15) is 0 Å². The Balaban J connectivity index is 2.90. The van der Waals surface area contributed by atoms with Crippen LogP contribution in [0.1, 0.15) is 19.6 Å². The van der Waals surface area contributed by atoms with Crippen molar-refractivity contribution in [3.8, 4) is 0 Å². The zero-order valence-corrected chi connectivity index (χ0v) is 2.00. The van der Waals surface area contributed by atoms with Crippen LogP contribution in [0.3, 0.4) is 0 Å². The van der Waals surface area contributed by atoms with Crippen molar-refractivity contribution < 1.29 is 8.27 Å². The van der Waals surface area contributed by atoms with Crippen LogP contribution in [0.4, 0.5) is 0 Å². The third-order valence-electron chi connectivity index (χ3n) is 0.250. The molecule has 0 aromatic heterocycles. The summed E-state index contributed by atoms with van der Waals surface area (Å²) in [5, 5.41) is 0. The molecule has 1 saturated carbocycles. The van der Waals surface area contributed by atoms with Crippen molar-refractivity contribution in [3.63, 3.8) is 0 Å². The summed E-state index contributed by atoms with van der Waals surface area (Å²) in [5.74, 6) is 0. The molecule has 0 bridgehead atoms. The van der Waals surface area contributed by atoms with Gasteiger partial charge in [0.15, 0.2) is 0 Å². The van der Waals surface area contributed by atoms with E-state index in [4.69, 9.17) is 8.27 Å². The van der Waals surface area contributed by atoms with Crippen molar-refractivity contribution in [3.05, 3.63) is 0 Å². The van der Waals surface area contributed by atoms with Crippen molar-refractivity contribution in [1.29, 1.82) is 0 Å². The van der Waals surface area contributed by atoms with E-state index in [1.165, 1.54) is 0 Å². The fraction of sp³-hybridized carbons (Fsp3) is 1.00.